The summed E-state index contributed by atoms with van der Waals surface area (Å²) in [4.78, 5) is 12.1. The fourth-order valence-electron chi connectivity index (χ4n) is 1.78. The van der Waals surface area contributed by atoms with Gasteiger partial charge in [0.15, 0.2) is 5.11 Å². The van der Waals surface area contributed by atoms with E-state index in [0.29, 0.717) is 0 Å². The summed E-state index contributed by atoms with van der Waals surface area (Å²) >= 11 is 12.9. The molecule has 2 aromatic carbocycles. The molecule has 126 valence electrons. The molecule has 0 aliphatic carbocycles. The van der Waals surface area contributed by atoms with Crippen molar-refractivity contribution in [3.05, 3.63) is 62.2 Å². The predicted octanol–water partition coefficient (Wildman–Crippen LogP) is 5.09. The van der Waals surface area contributed by atoms with E-state index in [1.165, 1.54) is 12.1 Å². The molecule has 0 radical (unpaired) electrons. The Balaban J connectivity index is 2.08. The van der Waals surface area contributed by atoms with Crippen molar-refractivity contribution in [3.63, 3.8) is 0 Å². The highest BCUT2D eigenvalue weighted by Crippen LogP contribution is 2.30. The predicted molar refractivity (Wildman–Crippen MR) is 99.3 cm³/mol. The number of carbonyl (C=O) groups is 1. The number of carbonyl (C=O) groups excluding carboxylic acids is 1. The monoisotopic (exact) mass is 484 g/mol. The van der Waals surface area contributed by atoms with Gasteiger partial charge in [0.2, 0.25) is 0 Å². The summed E-state index contributed by atoms with van der Waals surface area (Å²) in [5.41, 5.74) is -0.483. The number of anilines is 1. The molecular formula is C15H9ClF3IN2OS. The molecule has 2 rings (SSSR count). The molecule has 0 aromatic heterocycles. The molecule has 0 saturated carbocycles. The summed E-state index contributed by atoms with van der Waals surface area (Å²) in [6.07, 6.45) is -4.46. The smallest absolute Gasteiger partial charge is 0.332 e. The third-order valence-electron chi connectivity index (χ3n) is 2.85. The number of hydrogen-bond donors (Lipinski definition) is 2. The van der Waals surface area contributed by atoms with Crippen LogP contribution in [0.5, 0.6) is 0 Å². The largest absolute Gasteiger partial charge is 0.416 e. The van der Waals surface area contributed by atoms with Crippen molar-refractivity contribution in [1.82, 2.24) is 5.32 Å². The molecular weight excluding hydrogens is 476 g/mol. The van der Waals surface area contributed by atoms with E-state index in [4.69, 9.17) is 23.8 Å². The van der Waals surface area contributed by atoms with Gasteiger partial charge >= 0.3 is 6.18 Å². The number of benzene rings is 2. The van der Waals surface area contributed by atoms with Gasteiger partial charge in [-0.15, -0.1) is 0 Å². The summed E-state index contributed by atoms with van der Waals surface area (Å²) in [5.74, 6) is -0.553. The lowest BCUT2D eigenvalue weighted by Gasteiger charge is -2.12. The summed E-state index contributed by atoms with van der Waals surface area (Å²) in [5, 5.41) is 5.04. The third kappa shape index (κ3) is 5.05. The van der Waals surface area contributed by atoms with Crippen molar-refractivity contribution in [3.8, 4) is 0 Å². The SMILES string of the molecule is O=C(NC(=S)Nc1cccc(C(F)(F)F)c1)c1cc(I)ccc1Cl. The van der Waals surface area contributed by atoms with E-state index < -0.39 is 17.6 Å². The van der Waals surface area contributed by atoms with E-state index in [-0.39, 0.29) is 21.4 Å². The minimum Gasteiger partial charge on any atom is -0.332 e. The Kier molecular flexibility index (Phi) is 6.05. The zero-order valence-corrected chi connectivity index (χ0v) is 15.5. The highest BCUT2D eigenvalue weighted by Gasteiger charge is 2.30. The number of hydrogen-bond acceptors (Lipinski definition) is 2. The van der Waals surface area contributed by atoms with Gasteiger partial charge in [0.1, 0.15) is 0 Å². The van der Waals surface area contributed by atoms with Gasteiger partial charge in [0, 0.05) is 9.26 Å². The van der Waals surface area contributed by atoms with Crippen molar-refractivity contribution in [2.75, 3.05) is 5.32 Å². The Labute approximate surface area is 159 Å². The fraction of sp³-hybridized carbons (Fsp3) is 0.0667. The number of alkyl halides is 3. The molecule has 0 aliphatic rings. The van der Waals surface area contributed by atoms with E-state index in [1.54, 1.807) is 18.2 Å². The maximum Gasteiger partial charge on any atom is 0.416 e. The van der Waals surface area contributed by atoms with E-state index in [9.17, 15) is 18.0 Å². The molecule has 0 heterocycles. The van der Waals surface area contributed by atoms with Crippen molar-refractivity contribution in [2.24, 2.45) is 0 Å². The second-order valence-corrected chi connectivity index (χ2v) is 6.67. The maximum absolute atomic E-state index is 12.7. The maximum atomic E-state index is 12.7. The van der Waals surface area contributed by atoms with Crippen LogP contribution in [-0.2, 0) is 6.18 Å². The Morgan fingerprint density at radius 1 is 1.17 bits per heavy atom. The molecule has 24 heavy (non-hydrogen) atoms. The highest BCUT2D eigenvalue weighted by atomic mass is 127. The molecule has 0 unspecified atom stereocenters. The van der Waals surface area contributed by atoms with Crippen LogP contribution in [0.15, 0.2) is 42.5 Å². The molecule has 1 amide bonds. The standard InChI is InChI=1S/C15H9ClF3IN2OS/c16-12-5-4-9(20)7-11(12)13(23)22-14(24)21-10-3-1-2-8(6-10)15(17,18)19/h1-7H,(H2,21,22,23,24). The van der Waals surface area contributed by atoms with Gasteiger partial charge < -0.3 is 5.32 Å². The van der Waals surface area contributed by atoms with E-state index >= 15 is 0 Å². The number of halogens is 5. The Morgan fingerprint density at radius 2 is 1.88 bits per heavy atom. The molecule has 0 saturated heterocycles. The molecule has 0 bridgehead atoms. The van der Waals surface area contributed by atoms with Crippen LogP contribution in [0.3, 0.4) is 0 Å². The molecule has 0 aliphatic heterocycles. The number of amides is 1. The second-order valence-electron chi connectivity index (χ2n) is 4.61. The van der Waals surface area contributed by atoms with Gasteiger partial charge in [-0.2, -0.15) is 13.2 Å². The van der Waals surface area contributed by atoms with Crippen LogP contribution in [0.4, 0.5) is 18.9 Å². The molecule has 9 heteroatoms. The first-order valence-corrected chi connectivity index (χ1v) is 8.28. The normalized spacial score (nSPS) is 11.0. The zero-order chi connectivity index (χ0) is 17.9. The van der Waals surface area contributed by atoms with Crippen molar-refractivity contribution in [2.45, 2.75) is 6.18 Å². The van der Waals surface area contributed by atoms with E-state index in [0.717, 1.165) is 15.7 Å². The minimum atomic E-state index is -4.46. The number of nitrogens with one attached hydrogen (secondary N) is 2. The van der Waals surface area contributed by atoms with Crippen LogP contribution in [0.2, 0.25) is 5.02 Å². The second kappa shape index (κ2) is 7.66. The summed E-state index contributed by atoms with van der Waals surface area (Å²) in [7, 11) is 0. The molecule has 0 atom stereocenters. The van der Waals surface area contributed by atoms with Crippen LogP contribution in [0.25, 0.3) is 0 Å². The van der Waals surface area contributed by atoms with Crippen LogP contribution in [-0.4, -0.2) is 11.0 Å². The fourth-order valence-corrected chi connectivity index (χ4v) is 2.68. The first-order chi connectivity index (χ1) is 11.2. The molecule has 2 N–H and O–H groups in total. The average molecular weight is 485 g/mol. The zero-order valence-electron chi connectivity index (χ0n) is 11.7. The minimum absolute atomic E-state index is 0.115. The van der Waals surface area contributed by atoms with E-state index in [1.807, 2.05) is 22.6 Å². The van der Waals surface area contributed by atoms with Gasteiger partial charge in [-0.1, -0.05) is 17.7 Å². The molecule has 0 fully saturated rings. The Morgan fingerprint density at radius 3 is 2.54 bits per heavy atom. The van der Waals surface area contributed by atoms with Crippen LogP contribution in [0, 0.1) is 3.57 Å². The first-order valence-electron chi connectivity index (χ1n) is 6.41. The lowest BCUT2D eigenvalue weighted by atomic mass is 10.2. The van der Waals surface area contributed by atoms with Crippen molar-refractivity contribution >= 4 is 63.1 Å². The Bertz CT molecular complexity index is 799. The van der Waals surface area contributed by atoms with E-state index in [2.05, 4.69) is 10.6 Å². The average Bonchev–Trinajstić information content (AvgIpc) is 2.49. The molecule has 3 nitrogen and oxygen atoms in total. The van der Waals surface area contributed by atoms with Crippen molar-refractivity contribution < 1.29 is 18.0 Å². The lowest BCUT2D eigenvalue weighted by molar-refractivity contribution is -0.137. The summed E-state index contributed by atoms with van der Waals surface area (Å²) < 4.78 is 38.8. The molecule has 0 spiro atoms. The number of thiocarbonyl (C=S) groups is 1. The Hall–Kier alpha value is -1.39. The third-order valence-corrected chi connectivity index (χ3v) is 4.05. The number of rotatable bonds is 2. The first kappa shape index (κ1) is 18.9. The van der Waals surface area contributed by atoms with Gasteiger partial charge in [-0.3, -0.25) is 10.1 Å². The lowest BCUT2D eigenvalue weighted by Crippen LogP contribution is -2.34. The van der Waals surface area contributed by atoms with Crippen LogP contribution in [0.1, 0.15) is 15.9 Å². The van der Waals surface area contributed by atoms with Crippen LogP contribution >= 0.6 is 46.4 Å². The summed E-state index contributed by atoms with van der Waals surface area (Å²) in [6.45, 7) is 0. The van der Waals surface area contributed by atoms with Gasteiger partial charge in [-0.05, 0) is 71.2 Å². The molecule has 2 aromatic rings. The highest BCUT2D eigenvalue weighted by molar-refractivity contribution is 14.1. The van der Waals surface area contributed by atoms with Crippen molar-refractivity contribution in [1.29, 1.82) is 0 Å². The van der Waals surface area contributed by atoms with Gasteiger partial charge in [-0.25, -0.2) is 0 Å². The summed E-state index contributed by atoms with van der Waals surface area (Å²) in [6, 6.07) is 9.37. The quantitative estimate of drug-likeness (QED) is 0.461. The van der Waals surface area contributed by atoms with Crippen LogP contribution < -0.4 is 10.6 Å². The van der Waals surface area contributed by atoms with Gasteiger partial charge in [0.05, 0.1) is 16.1 Å². The van der Waals surface area contributed by atoms with Gasteiger partial charge in [0.25, 0.3) is 5.91 Å². The topological polar surface area (TPSA) is 41.1 Å².